The van der Waals surface area contributed by atoms with E-state index < -0.39 is 16.0 Å². The Kier molecular flexibility index (Phi) is 6.23. The lowest BCUT2D eigenvalue weighted by Gasteiger charge is -2.19. The average Bonchev–Trinajstić information content (AvgIpc) is 2.90. The summed E-state index contributed by atoms with van der Waals surface area (Å²) in [7, 11) is -1.62. The Morgan fingerprint density at radius 1 is 0.706 bits per heavy atom. The second-order valence-electron chi connectivity index (χ2n) is 7.68. The number of rotatable bonds is 6. The molecule has 0 aliphatic rings. The number of benzene rings is 3. The van der Waals surface area contributed by atoms with Gasteiger partial charge in [-0.3, -0.25) is 14.0 Å². The number of hydrogen-bond donors (Lipinski definition) is 1. The Balaban J connectivity index is 1.54. The molecule has 166 valence electrons. The van der Waals surface area contributed by atoms with E-state index in [1.54, 1.807) is 24.5 Å². The first-order valence-electron chi connectivity index (χ1n) is 10.8. The minimum absolute atomic E-state index is 0.246. The predicted molar refractivity (Wildman–Crippen MR) is 135 cm³/mol. The first kappa shape index (κ1) is 21.7. The molecule has 2 heterocycles. The van der Waals surface area contributed by atoms with E-state index in [2.05, 4.69) is 15.3 Å². The van der Waals surface area contributed by atoms with Crippen LogP contribution >= 0.6 is 0 Å². The van der Waals surface area contributed by atoms with Crippen LogP contribution in [0.1, 0.15) is 26.7 Å². The first-order valence-corrected chi connectivity index (χ1v) is 12.0. The molecule has 5 aromatic rings. The molecule has 0 fully saturated rings. The van der Waals surface area contributed by atoms with Crippen LogP contribution in [-0.4, -0.2) is 20.1 Å². The van der Waals surface area contributed by atoms with E-state index in [0.717, 1.165) is 22.0 Å². The number of pyridine rings is 2. The molecule has 5 rings (SSSR count). The normalized spacial score (nSPS) is 11.9. The third kappa shape index (κ3) is 4.36. The fourth-order valence-corrected chi connectivity index (χ4v) is 5.51. The van der Waals surface area contributed by atoms with E-state index in [0.29, 0.717) is 5.69 Å². The van der Waals surface area contributed by atoms with Gasteiger partial charge in [0, 0.05) is 17.8 Å². The van der Waals surface area contributed by atoms with E-state index in [1.807, 2.05) is 91.0 Å². The lowest BCUT2D eigenvalue weighted by atomic mass is 10.0. The summed E-state index contributed by atoms with van der Waals surface area (Å²) in [6, 6.07) is 31.9. The number of anilines is 1. The predicted octanol–water partition coefficient (Wildman–Crippen LogP) is 5.78. The highest BCUT2D eigenvalue weighted by Crippen LogP contribution is 2.33. The molecular weight excluding hydrogens is 442 g/mol. The second-order valence-corrected chi connectivity index (χ2v) is 9.14. The average molecular weight is 464 g/mol. The van der Waals surface area contributed by atoms with Crippen molar-refractivity contribution >= 4 is 33.3 Å². The van der Waals surface area contributed by atoms with Crippen LogP contribution < -0.4 is 5.32 Å². The monoisotopic (exact) mass is 463 g/mol. The lowest BCUT2D eigenvalue weighted by molar-refractivity contribution is 0.102. The molecule has 2 aromatic heterocycles. The smallest absolute Gasteiger partial charge is 0.258 e. The summed E-state index contributed by atoms with van der Waals surface area (Å²) in [5.41, 5.74) is 3.48. The van der Waals surface area contributed by atoms with Gasteiger partial charge in [-0.15, -0.1) is 0 Å². The van der Waals surface area contributed by atoms with Crippen LogP contribution in [-0.2, 0) is 10.8 Å². The summed E-state index contributed by atoms with van der Waals surface area (Å²) in [6.07, 6.45) is 3.28. The molecule has 0 aliphatic heterocycles. The van der Waals surface area contributed by atoms with Gasteiger partial charge in [-0.25, -0.2) is 4.98 Å². The summed E-state index contributed by atoms with van der Waals surface area (Å²) >= 11 is 0. The highest BCUT2D eigenvalue weighted by molar-refractivity contribution is 7.85. The molecule has 6 heteroatoms. The maximum Gasteiger partial charge on any atom is 0.258 e. The number of nitrogens with one attached hydrogen (secondary N) is 1. The second kappa shape index (κ2) is 9.77. The molecule has 0 radical (unpaired) electrons. The zero-order valence-electron chi connectivity index (χ0n) is 18.2. The van der Waals surface area contributed by atoms with Crippen molar-refractivity contribution in [1.82, 2.24) is 9.97 Å². The van der Waals surface area contributed by atoms with Gasteiger partial charge in [0.2, 0.25) is 0 Å². The number of hydrogen-bond acceptors (Lipinski definition) is 4. The molecule has 1 atom stereocenters. The summed E-state index contributed by atoms with van der Waals surface area (Å²) in [5, 5.41) is 3.57. The number of fused-ring (bicyclic) bond motifs is 1. The van der Waals surface area contributed by atoms with Crippen molar-refractivity contribution in [3.8, 4) is 0 Å². The molecule has 1 N–H and O–H groups in total. The van der Waals surface area contributed by atoms with Crippen LogP contribution in [0.4, 0.5) is 5.69 Å². The van der Waals surface area contributed by atoms with Crippen LogP contribution in [0.2, 0.25) is 0 Å². The number of amides is 1. The van der Waals surface area contributed by atoms with Crippen LogP contribution in [0.15, 0.2) is 121 Å². The maximum atomic E-state index is 14.0. The van der Waals surface area contributed by atoms with Crippen LogP contribution in [0.25, 0.3) is 10.9 Å². The van der Waals surface area contributed by atoms with Crippen molar-refractivity contribution in [3.63, 3.8) is 0 Å². The highest BCUT2D eigenvalue weighted by Gasteiger charge is 2.27. The van der Waals surface area contributed by atoms with E-state index in [1.165, 1.54) is 0 Å². The summed E-state index contributed by atoms with van der Waals surface area (Å²) in [4.78, 5) is 22.1. The molecular formula is C28H21N3O2S. The Bertz CT molecular complexity index is 1430. The third-order valence-corrected chi connectivity index (χ3v) is 7.20. The maximum absolute atomic E-state index is 14.0. The van der Waals surface area contributed by atoms with Crippen LogP contribution in [0, 0.1) is 0 Å². The Labute approximate surface area is 200 Å². The van der Waals surface area contributed by atoms with Gasteiger partial charge in [-0.05, 0) is 47.5 Å². The minimum Gasteiger partial charge on any atom is -0.321 e. The summed E-state index contributed by atoms with van der Waals surface area (Å²) in [6.45, 7) is 0. The largest absolute Gasteiger partial charge is 0.321 e. The van der Waals surface area contributed by atoms with E-state index in [4.69, 9.17) is 0 Å². The number of nitrogens with zero attached hydrogens (tertiary/aromatic N) is 2. The standard InChI is InChI=1S/C28H21N3O2S/c32-27(31-25-17-7-16-24-22(25)14-8-18-29-24)23-15-9-19-30-28(23)34(33)26(20-10-3-1-4-11-20)21-12-5-2-6-13-21/h1-19,26H,(H,31,32). The summed E-state index contributed by atoms with van der Waals surface area (Å²) in [5.74, 6) is -0.368. The zero-order valence-corrected chi connectivity index (χ0v) is 19.0. The van der Waals surface area contributed by atoms with Gasteiger partial charge in [-0.1, -0.05) is 66.7 Å². The van der Waals surface area contributed by atoms with Gasteiger partial charge in [0.1, 0.15) is 5.03 Å². The van der Waals surface area contributed by atoms with Crippen LogP contribution in [0.3, 0.4) is 0 Å². The van der Waals surface area contributed by atoms with Crippen molar-refractivity contribution in [2.45, 2.75) is 10.3 Å². The Morgan fingerprint density at radius 3 is 2.06 bits per heavy atom. The number of aromatic nitrogens is 2. The van der Waals surface area contributed by atoms with Crippen molar-refractivity contribution in [2.24, 2.45) is 0 Å². The number of carbonyl (C=O) groups excluding carboxylic acids is 1. The molecule has 0 saturated heterocycles. The molecule has 5 nitrogen and oxygen atoms in total. The van der Waals surface area contributed by atoms with Gasteiger partial charge in [0.05, 0.1) is 32.8 Å². The van der Waals surface area contributed by atoms with Crippen molar-refractivity contribution in [1.29, 1.82) is 0 Å². The molecule has 0 saturated carbocycles. The van der Waals surface area contributed by atoms with Crippen molar-refractivity contribution in [2.75, 3.05) is 5.32 Å². The molecule has 0 bridgehead atoms. The third-order valence-electron chi connectivity index (χ3n) is 5.52. The Hall–Kier alpha value is -4.16. The highest BCUT2D eigenvalue weighted by atomic mass is 32.2. The van der Waals surface area contributed by atoms with Crippen molar-refractivity contribution < 1.29 is 9.00 Å². The van der Waals surface area contributed by atoms with Gasteiger partial charge in [0.25, 0.3) is 5.91 Å². The molecule has 1 amide bonds. The van der Waals surface area contributed by atoms with Crippen molar-refractivity contribution in [3.05, 3.63) is 132 Å². The lowest BCUT2D eigenvalue weighted by Crippen LogP contribution is -2.18. The van der Waals surface area contributed by atoms with E-state index >= 15 is 0 Å². The molecule has 0 spiro atoms. The fourth-order valence-electron chi connectivity index (χ4n) is 3.93. The van der Waals surface area contributed by atoms with Gasteiger partial charge < -0.3 is 5.32 Å². The molecule has 3 aromatic carbocycles. The molecule has 0 aliphatic carbocycles. The van der Waals surface area contributed by atoms with Gasteiger partial charge >= 0.3 is 0 Å². The molecule has 1 unspecified atom stereocenters. The fraction of sp³-hybridized carbons (Fsp3) is 0.0357. The quantitative estimate of drug-likeness (QED) is 0.347. The van der Waals surface area contributed by atoms with E-state index in [-0.39, 0.29) is 16.5 Å². The minimum atomic E-state index is -1.62. The SMILES string of the molecule is O=C(Nc1cccc2ncccc12)c1cccnc1S(=O)C(c1ccccc1)c1ccccc1. The van der Waals surface area contributed by atoms with Gasteiger partial charge in [-0.2, -0.15) is 0 Å². The topological polar surface area (TPSA) is 72.0 Å². The van der Waals surface area contributed by atoms with E-state index in [9.17, 15) is 9.00 Å². The zero-order chi connectivity index (χ0) is 23.3. The van der Waals surface area contributed by atoms with Crippen LogP contribution in [0.5, 0.6) is 0 Å². The van der Waals surface area contributed by atoms with Gasteiger partial charge in [0.15, 0.2) is 0 Å². The Morgan fingerprint density at radius 2 is 1.35 bits per heavy atom. The first-order chi connectivity index (χ1) is 16.7. The number of carbonyl (C=O) groups is 1. The summed E-state index contributed by atoms with van der Waals surface area (Å²) < 4.78 is 14.0. The molecule has 34 heavy (non-hydrogen) atoms.